The lowest BCUT2D eigenvalue weighted by atomic mass is 9.70. The van der Waals surface area contributed by atoms with Gasteiger partial charge in [-0.1, -0.05) is 13.8 Å². The van der Waals surface area contributed by atoms with E-state index in [1.165, 1.54) is 0 Å². The highest BCUT2D eigenvalue weighted by molar-refractivity contribution is 7.89. The molecule has 15 heavy (non-hydrogen) atoms. The van der Waals surface area contributed by atoms with E-state index >= 15 is 0 Å². The first-order chi connectivity index (χ1) is 6.69. The van der Waals surface area contributed by atoms with Gasteiger partial charge in [-0.2, -0.15) is 0 Å². The summed E-state index contributed by atoms with van der Waals surface area (Å²) < 4.78 is 22.5. The fraction of sp³-hybridized carbons (Fsp3) is 0.900. The second-order valence-corrected chi connectivity index (χ2v) is 7.09. The van der Waals surface area contributed by atoms with E-state index in [0.29, 0.717) is 18.8 Å². The second kappa shape index (κ2) is 2.83. The molecular formula is C10H17NO3S. The van der Waals surface area contributed by atoms with Crippen LogP contribution in [-0.2, 0) is 14.8 Å². The van der Waals surface area contributed by atoms with Crippen molar-refractivity contribution >= 4 is 15.8 Å². The Kier molecular flexibility index (Phi) is 2.09. The van der Waals surface area contributed by atoms with Crippen LogP contribution < -0.4 is 5.14 Å². The molecule has 2 N–H and O–H groups in total. The Morgan fingerprint density at radius 1 is 1.47 bits per heavy atom. The lowest BCUT2D eigenvalue weighted by Gasteiger charge is -2.35. The van der Waals surface area contributed by atoms with Gasteiger partial charge in [0.15, 0.2) is 0 Å². The average molecular weight is 231 g/mol. The van der Waals surface area contributed by atoms with Crippen molar-refractivity contribution in [2.45, 2.75) is 33.1 Å². The number of nitrogens with two attached hydrogens (primary N) is 1. The molecule has 2 fully saturated rings. The molecular weight excluding hydrogens is 214 g/mol. The lowest BCUT2D eigenvalue weighted by molar-refractivity contribution is -0.128. The molecule has 2 bridgehead atoms. The number of ketones is 1. The monoisotopic (exact) mass is 231 g/mol. The van der Waals surface area contributed by atoms with Crippen LogP contribution in [0, 0.1) is 16.7 Å². The molecule has 0 aliphatic heterocycles. The highest BCUT2D eigenvalue weighted by Gasteiger charge is 2.65. The molecule has 2 aliphatic carbocycles. The van der Waals surface area contributed by atoms with Crippen molar-refractivity contribution in [3.63, 3.8) is 0 Å². The van der Waals surface area contributed by atoms with Crippen LogP contribution in [0.1, 0.15) is 33.1 Å². The van der Waals surface area contributed by atoms with Gasteiger partial charge in [-0.15, -0.1) is 0 Å². The van der Waals surface area contributed by atoms with Gasteiger partial charge in [-0.3, -0.25) is 4.79 Å². The van der Waals surface area contributed by atoms with Crippen LogP contribution in [0.25, 0.3) is 0 Å². The van der Waals surface area contributed by atoms with Crippen LogP contribution in [0.2, 0.25) is 0 Å². The molecule has 2 aliphatic rings. The summed E-state index contributed by atoms with van der Waals surface area (Å²) in [5.41, 5.74) is -0.915. The Labute approximate surface area is 90.3 Å². The maximum Gasteiger partial charge on any atom is 0.210 e. The van der Waals surface area contributed by atoms with Crippen LogP contribution in [0.4, 0.5) is 0 Å². The summed E-state index contributed by atoms with van der Waals surface area (Å²) in [5, 5.41) is 5.10. The van der Waals surface area contributed by atoms with Crippen molar-refractivity contribution in [2.75, 3.05) is 5.75 Å². The summed E-state index contributed by atoms with van der Waals surface area (Å²) in [5.74, 6) is 0.257. The molecule has 2 atom stereocenters. The maximum absolute atomic E-state index is 11.9. The molecule has 5 heteroatoms. The highest BCUT2D eigenvalue weighted by Crippen LogP contribution is 2.64. The van der Waals surface area contributed by atoms with E-state index in [2.05, 4.69) is 0 Å². The molecule has 0 aromatic rings. The molecule has 0 heterocycles. The smallest absolute Gasteiger partial charge is 0.210 e. The standard InChI is InChI=1S/C10H17NO3S/c1-9(2)7-3-4-10(9,8(12)5-7)6-15(11,13)14/h7H,3-6H2,1-2H3,(H2,11,13,14)/t7-,10?/m1/s1. The van der Waals surface area contributed by atoms with E-state index in [0.717, 1.165) is 6.42 Å². The van der Waals surface area contributed by atoms with Gasteiger partial charge in [-0.25, -0.2) is 13.6 Å². The zero-order chi connectivity index (χ0) is 11.5. The Bertz CT molecular complexity index is 412. The van der Waals surface area contributed by atoms with Crippen molar-refractivity contribution in [1.82, 2.24) is 0 Å². The molecule has 0 aromatic heterocycles. The van der Waals surface area contributed by atoms with Crippen molar-refractivity contribution in [3.8, 4) is 0 Å². The number of carbonyl (C=O) groups excluding carboxylic acids is 1. The van der Waals surface area contributed by atoms with Crippen LogP contribution >= 0.6 is 0 Å². The highest BCUT2D eigenvalue weighted by atomic mass is 32.2. The first kappa shape index (κ1) is 11.1. The number of hydrogen-bond donors (Lipinski definition) is 1. The van der Waals surface area contributed by atoms with Gasteiger partial charge in [0.25, 0.3) is 0 Å². The van der Waals surface area contributed by atoms with Gasteiger partial charge >= 0.3 is 0 Å². The third kappa shape index (κ3) is 1.36. The molecule has 2 saturated carbocycles. The number of sulfonamides is 1. The third-order valence-electron chi connectivity index (χ3n) is 4.59. The molecule has 0 saturated heterocycles. The second-order valence-electron chi connectivity index (χ2n) is 5.47. The largest absolute Gasteiger partial charge is 0.299 e. The third-order valence-corrected chi connectivity index (χ3v) is 5.48. The van der Waals surface area contributed by atoms with Gasteiger partial charge in [0, 0.05) is 11.8 Å². The maximum atomic E-state index is 11.9. The zero-order valence-corrected chi connectivity index (χ0v) is 9.93. The number of fused-ring (bicyclic) bond motifs is 2. The van der Waals surface area contributed by atoms with E-state index in [-0.39, 0.29) is 17.0 Å². The van der Waals surface area contributed by atoms with Gasteiger partial charge in [0.2, 0.25) is 10.0 Å². The van der Waals surface area contributed by atoms with Crippen LogP contribution in [0.15, 0.2) is 0 Å². The van der Waals surface area contributed by atoms with Crippen molar-refractivity contribution in [1.29, 1.82) is 0 Å². The van der Waals surface area contributed by atoms with Crippen molar-refractivity contribution in [3.05, 3.63) is 0 Å². The molecule has 4 nitrogen and oxygen atoms in total. The number of rotatable bonds is 2. The molecule has 0 spiro atoms. The Balaban J connectivity index is 2.45. The fourth-order valence-corrected chi connectivity index (χ4v) is 4.82. The first-order valence-electron chi connectivity index (χ1n) is 5.23. The Hall–Kier alpha value is -0.420. The van der Waals surface area contributed by atoms with Crippen LogP contribution in [-0.4, -0.2) is 20.0 Å². The minimum absolute atomic E-state index is 0.0952. The summed E-state index contributed by atoms with van der Waals surface area (Å²) >= 11 is 0. The Morgan fingerprint density at radius 3 is 2.40 bits per heavy atom. The van der Waals surface area contributed by atoms with Gasteiger partial charge in [0.1, 0.15) is 5.78 Å². The molecule has 2 rings (SSSR count). The summed E-state index contributed by atoms with van der Waals surface area (Å²) in [6.07, 6.45) is 2.16. The SMILES string of the molecule is CC1(C)[C@@H]2CCC1(CS(N)(=O)=O)C(=O)C2. The average Bonchev–Trinajstić information content (AvgIpc) is 2.34. The molecule has 86 valence electrons. The predicted octanol–water partition coefficient (Wildman–Crippen LogP) is 0.670. The zero-order valence-electron chi connectivity index (χ0n) is 9.12. The van der Waals surface area contributed by atoms with Crippen molar-refractivity contribution in [2.24, 2.45) is 21.9 Å². The van der Waals surface area contributed by atoms with E-state index in [9.17, 15) is 13.2 Å². The molecule has 0 aromatic carbocycles. The van der Waals surface area contributed by atoms with Gasteiger partial charge < -0.3 is 0 Å². The number of carbonyl (C=O) groups is 1. The molecule has 0 amide bonds. The summed E-state index contributed by atoms with van der Waals surface area (Å²) in [6, 6.07) is 0. The molecule has 0 radical (unpaired) electrons. The summed E-state index contributed by atoms with van der Waals surface area (Å²) in [7, 11) is -3.58. The van der Waals surface area contributed by atoms with Crippen molar-refractivity contribution < 1.29 is 13.2 Å². The minimum Gasteiger partial charge on any atom is -0.299 e. The molecule has 1 unspecified atom stereocenters. The van der Waals surface area contributed by atoms with E-state index in [4.69, 9.17) is 5.14 Å². The fourth-order valence-electron chi connectivity index (χ4n) is 3.45. The topological polar surface area (TPSA) is 77.2 Å². The number of Topliss-reactive ketones (excluding diaryl/α,β-unsaturated/α-hetero) is 1. The lowest BCUT2D eigenvalue weighted by Crippen LogP contribution is -2.43. The van der Waals surface area contributed by atoms with Gasteiger partial charge in [-0.05, 0) is 24.2 Å². The minimum atomic E-state index is -3.58. The van der Waals surface area contributed by atoms with E-state index < -0.39 is 15.4 Å². The van der Waals surface area contributed by atoms with E-state index in [1.54, 1.807) is 0 Å². The quantitative estimate of drug-likeness (QED) is 0.758. The summed E-state index contributed by atoms with van der Waals surface area (Å²) in [4.78, 5) is 11.9. The van der Waals surface area contributed by atoms with Crippen LogP contribution in [0.3, 0.4) is 0 Å². The summed E-state index contributed by atoms with van der Waals surface area (Å²) in [6.45, 7) is 4.00. The number of hydrogen-bond acceptors (Lipinski definition) is 3. The van der Waals surface area contributed by atoms with Gasteiger partial charge in [0.05, 0.1) is 5.75 Å². The first-order valence-corrected chi connectivity index (χ1v) is 6.94. The predicted molar refractivity (Wildman–Crippen MR) is 56.5 cm³/mol. The Morgan fingerprint density at radius 2 is 2.07 bits per heavy atom. The van der Waals surface area contributed by atoms with E-state index in [1.807, 2.05) is 13.8 Å². The normalized spacial score (nSPS) is 38.6. The number of primary sulfonamides is 1. The van der Waals surface area contributed by atoms with Crippen LogP contribution in [0.5, 0.6) is 0 Å².